The van der Waals surface area contributed by atoms with Crippen molar-refractivity contribution < 1.29 is 4.79 Å². The lowest BCUT2D eigenvalue weighted by Crippen LogP contribution is -2.39. The highest BCUT2D eigenvalue weighted by Gasteiger charge is 2.11. The summed E-state index contributed by atoms with van der Waals surface area (Å²) >= 11 is 0. The average Bonchev–Trinajstić information content (AvgIpc) is 2.33. The van der Waals surface area contributed by atoms with Crippen molar-refractivity contribution >= 4 is 5.91 Å². The van der Waals surface area contributed by atoms with Crippen LogP contribution in [0.25, 0.3) is 0 Å². The summed E-state index contributed by atoms with van der Waals surface area (Å²) in [5, 5.41) is 14.7. The molecule has 0 heterocycles. The summed E-state index contributed by atoms with van der Waals surface area (Å²) in [6, 6.07) is 1.72. The standard InChI is InChI=1S/C12H24N4O/c1-4-14-12(17)9-11(10-13)15-7-8-16(5-2)6-3/h11,15H,4-9H2,1-3H3,(H,14,17). The molecule has 0 spiro atoms. The molecule has 98 valence electrons. The number of carbonyl (C=O) groups excluding carboxylic acids is 1. The van der Waals surface area contributed by atoms with E-state index in [2.05, 4.69) is 35.5 Å². The maximum absolute atomic E-state index is 11.3. The first kappa shape index (κ1) is 15.9. The molecule has 0 aliphatic carbocycles. The smallest absolute Gasteiger partial charge is 0.222 e. The Labute approximate surface area is 104 Å². The monoisotopic (exact) mass is 240 g/mol. The second-order valence-electron chi connectivity index (χ2n) is 3.82. The van der Waals surface area contributed by atoms with Crippen LogP contribution in [0.4, 0.5) is 0 Å². The highest BCUT2D eigenvalue weighted by molar-refractivity contribution is 5.76. The Morgan fingerprint density at radius 3 is 2.47 bits per heavy atom. The Kier molecular flexibility index (Phi) is 9.40. The molecule has 0 fully saturated rings. The van der Waals surface area contributed by atoms with E-state index in [4.69, 9.17) is 5.26 Å². The van der Waals surface area contributed by atoms with Crippen LogP contribution in [0.2, 0.25) is 0 Å². The van der Waals surface area contributed by atoms with Gasteiger partial charge in [-0.2, -0.15) is 5.26 Å². The number of likely N-dealkylation sites (N-methyl/N-ethyl adjacent to an activating group) is 1. The second kappa shape index (κ2) is 10.1. The SMILES string of the molecule is CCNC(=O)CC(C#N)NCCN(CC)CC. The van der Waals surface area contributed by atoms with Crippen molar-refractivity contribution in [2.24, 2.45) is 0 Å². The molecule has 0 aliphatic heterocycles. The van der Waals surface area contributed by atoms with E-state index in [1.54, 1.807) is 0 Å². The van der Waals surface area contributed by atoms with Crippen LogP contribution >= 0.6 is 0 Å². The van der Waals surface area contributed by atoms with E-state index in [1.807, 2.05) is 6.92 Å². The summed E-state index contributed by atoms with van der Waals surface area (Å²) in [5.74, 6) is -0.0746. The van der Waals surface area contributed by atoms with Gasteiger partial charge in [-0.3, -0.25) is 4.79 Å². The molecule has 1 amide bonds. The maximum atomic E-state index is 11.3. The Morgan fingerprint density at radius 1 is 1.35 bits per heavy atom. The molecular weight excluding hydrogens is 216 g/mol. The number of hydrogen-bond acceptors (Lipinski definition) is 4. The summed E-state index contributed by atoms with van der Waals surface area (Å²) in [6.07, 6.45) is 0.225. The number of nitrogens with one attached hydrogen (secondary N) is 2. The van der Waals surface area contributed by atoms with Crippen LogP contribution in [-0.2, 0) is 4.79 Å². The molecular formula is C12H24N4O. The number of carbonyl (C=O) groups is 1. The van der Waals surface area contributed by atoms with E-state index in [9.17, 15) is 4.79 Å². The Bertz CT molecular complexity index is 245. The highest BCUT2D eigenvalue weighted by atomic mass is 16.1. The zero-order valence-electron chi connectivity index (χ0n) is 11.1. The molecule has 0 rings (SSSR count). The van der Waals surface area contributed by atoms with Gasteiger partial charge >= 0.3 is 0 Å². The van der Waals surface area contributed by atoms with Gasteiger partial charge in [0.2, 0.25) is 5.91 Å². The van der Waals surface area contributed by atoms with Crippen LogP contribution in [0, 0.1) is 11.3 Å². The summed E-state index contributed by atoms with van der Waals surface area (Å²) in [7, 11) is 0. The van der Waals surface area contributed by atoms with Gasteiger partial charge in [0, 0.05) is 19.6 Å². The molecule has 0 aliphatic rings. The van der Waals surface area contributed by atoms with E-state index in [-0.39, 0.29) is 12.3 Å². The minimum Gasteiger partial charge on any atom is -0.356 e. The fraction of sp³-hybridized carbons (Fsp3) is 0.833. The van der Waals surface area contributed by atoms with Crippen molar-refractivity contribution in [3.05, 3.63) is 0 Å². The van der Waals surface area contributed by atoms with Gasteiger partial charge in [0.25, 0.3) is 0 Å². The highest BCUT2D eigenvalue weighted by Crippen LogP contribution is 1.91. The van der Waals surface area contributed by atoms with E-state index in [0.29, 0.717) is 6.54 Å². The van der Waals surface area contributed by atoms with Crippen LogP contribution in [0.5, 0.6) is 0 Å². The summed E-state index contributed by atoms with van der Waals surface area (Å²) < 4.78 is 0. The number of nitriles is 1. The van der Waals surface area contributed by atoms with Gasteiger partial charge in [0.05, 0.1) is 12.5 Å². The number of hydrogen-bond donors (Lipinski definition) is 2. The van der Waals surface area contributed by atoms with Gasteiger partial charge in [-0.15, -0.1) is 0 Å². The van der Waals surface area contributed by atoms with Crippen LogP contribution in [0.3, 0.4) is 0 Å². The van der Waals surface area contributed by atoms with Crippen molar-refractivity contribution in [2.45, 2.75) is 33.2 Å². The molecule has 0 radical (unpaired) electrons. The first-order chi connectivity index (χ1) is 8.17. The van der Waals surface area contributed by atoms with Gasteiger partial charge in [0.15, 0.2) is 0 Å². The van der Waals surface area contributed by atoms with E-state index < -0.39 is 6.04 Å². The van der Waals surface area contributed by atoms with Gasteiger partial charge in [0.1, 0.15) is 6.04 Å². The van der Waals surface area contributed by atoms with Crippen LogP contribution in [-0.4, -0.2) is 49.6 Å². The largest absolute Gasteiger partial charge is 0.356 e. The van der Waals surface area contributed by atoms with Crippen LogP contribution < -0.4 is 10.6 Å². The molecule has 0 aromatic heterocycles. The lowest BCUT2D eigenvalue weighted by atomic mass is 10.2. The molecule has 2 N–H and O–H groups in total. The number of amides is 1. The van der Waals surface area contributed by atoms with E-state index in [0.717, 1.165) is 26.2 Å². The minimum absolute atomic E-state index is 0.0746. The predicted octanol–water partition coefficient (Wildman–Crippen LogP) is 0.336. The fourth-order valence-corrected chi connectivity index (χ4v) is 1.55. The topological polar surface area (TPSA) is 68.2 Å². The van der Waals surface area contributed by atoms with Gasteiger partial charge in [-0.25, -0.2) is 0 Å². The minimum atomic E-state index is -0.392. The molecule has 5 nitrogen and oxygen atoms in total. The normalized spacial score (nSPS) is 12.2. The zero-order valence-corrected chi connectivity index (χ0v) is 11.1. The van der Waals surface area contributed by atoms with Crippen LogP contribution in [0.1, 0.15) is 27.2 Å². The van der Waals surface area contributed by atoms with Gasteiger partial charge < -0.3 is 15.5 Å². The van der Waals surface area contributed by atoms with Gasteiger partial charge in [-0.1, -0.05) is 13.8 Å². The van der Waals surface area contributed by atoms with E-state index >= 15 is 0 Å². The first-order valence-electron chi connectivity index (χ1n) is 6.29. The number of nitrogens with zero attached hydrogens (tertiary/aromatic N) is 2. The molecule has 1 atom stereocenters. The van der Waals surface area contributed by atoms with Crippen molar-refractivity contribution in [3.8, 4) is 6.07 Å². The van der Waals surface area contributed by atoms with Crippen LogP contribution in [0.15, 0.2) is 0 Å². The van der Waals surface area contributed by atoms with Crippen molar-refractivity contribution in [1.82, 2.24) is 15.5 Å². The van der Waals surface area contributed by atoms with Crippen molar-refractivity contribution in [2.75, 3.05) is 32.7 Å². The van der Waals surface area contributed by atoms with E-state index in [1.165, 1.54) is 0 Å². The third-order valence-corrected chi connectivity index (χ3v) is 2.63. The lowest BCUT2D eigenvalue weighted by molar-refractivity contribution is -0.121. The maximum Gasteiger partial charge on any atom is 0.222 e. The third-order valence-electron chi connectivity index (χ3n) is 2.63. The first-order valence-corrected chi connectivity index (χ1v) is 6.29. The quantitative estimate of drug-likeness (QED) is 0.610. The zero-order chi connectivity index (χ0) is 13.1. The van der Waals surface area contributed by atoms with Crippen molar-refractivity contribution in [1.29, 1.82) is 5.26 Å². The molecule has 0 saturated heterocycles. The molecule has 0 saturated carbocycles. The summed E-state index contributed by atoms with van der Waals surface area (Å²) in [6.45, 7) is 10.3. The lowest BCUT2D eigenvalue weighted by Gasteiger charge is -2.19. The molecule has 0 aromatic rings. The molecule has 1 unspecified atom stereocenters. The third kappa shape index (κ3) is 7.72. The predicted molar refractivity (Wildman–Crippen MR) is 68.5 cm³/mol. The molecule has 5 heteroatoms. The second-order valence-corrected chi connectivity index (χ2v) is 3.82. The summed E-state index contributed by atoms with van der Waals surface area (Å²) in [4.78, 5) is 13.6. The Morgan fingerprint density at radius 2 is 2.00 bits per heavy atom. The fourth-order valence-electron chi connectivity index (χ4n) is 1.55. The summed E-state index contributed by atoms with van der Waals surface area (Å²) in [5.41, 5.74) is 0. The van der Waals surface area contributed by atoms with Gasteiger partial charge in [-0.05, 0) is 20.0 Å². The van der Waals surface area contributed by atoms with Crippen molar-refractivity contribution in [3.63, 3.8) is 0 Å². The Hall–Kier alpha value is -1.12. The Balaban J connectivity index is 3.83. The average molecular weight is 240 g/mol. The molecule has 17 heavy (non-hydrogen) atoms. The molecule has 0 bridgehead atoms. The molecule has 0 aromatic carbocycles. The number of rotatable bonds is 9.